The Kier molecular flexibility index (Phi) is 2.84. The lowest BCUT2D eigenvalue weighted by molar-refractivity contribution is -0.221. The van der Waals surface area contributed by atoms with E-state index in [2.05, 4.69) is 0 Å². The zero-order valence-electron chi connectivity index (χ0n) is 7.41. The summed E-state index contributed by atoms with van der Waals surface area (Å²) in [7, 11) is 0. The molecule has 0 aliphatic rings. The first-order chi connectivity index (χ1) is 5.58. The molecule has 0 aliphatic heterocycles. The van der Waals surface area contributed by atoms with Crippen molar-refractivity contribution in [3.63, 3.8) is 0 Å². The molecule has 0 atom stereocenters. The molecule has 0 saturated carbocycles. The van der Waals surface area contributed by atoms with Crippen LogP contribution in [0.25, 0.3) is 0 Å². The van der Waals surface area contributed by atoms with Gasteiger partial charge in [-0.2, -0.15) is 5.11 Å². The van der Waals surface area contributed by atoms with Crippen LogP contribution in [0.2, 0.25) is 0 Å². The zero-order chi connectivity index (χ0) is 9.03. The minimum Gasteiger partial charge on any atom is -0.343 e. The molecular formula is C10H13O2. The number of benzene rings is 1. The van der Waals surface area contributed by atoms with E-state index in [1.165, 1.54) is 13.8 Å². The molecule has 0 N–H and O–H groups in total. The van der Waals surface area contributed by atoms with Crippen LogP contribution in [-0.4, -0.2) is 5.79 Å². The van der Waals surface area contributed by atoms with Crippen LogP contribution in [0.15, 0.2) is 30.3 Å². The first-order valence-corrected chi connectivity index (χ1v) is 3.96. The van der Waals surface area contributed by atoms with E-state index >= 15 is 0 Å². The van der Waals surface area contributed by atoms with Gasteiger partial charge in [0.05, 0.1) is 6.61 Å². The van der Waals surface area contributed by atoms with Gasteiger partial charge in [-0.3, -0.25) is 0 Å². The summed E-state index contributed by atoms with van der Waals surface area (Å²) >= 11 is 0. The van der Waals surface area contributed by atoms with E-state index in [1.807, 2.05) is 30.3 Å². The van der Waals surface area contributed by atoms with Crippen LogP contribution < -0.4 is 0 Å². The molecule has 12 heavy (non-hydrogen) atoms. The summed E-state index contributed by atoms with van der Waals surface area (Å²) in [6, 6.07) is 9.66. The summed E-state index contributed by atoms with van der Waals surface area (Å²) in [4.78, 5) is 0. The highest BCUT2D eigenvalue weighted by Crippen LogP contribution is 2.09. The maximum absolute atomic E-state index is 11.1. The van der Waals surface area contributed by atoms with Crippen molar-refractivity contribution in [2.24, 2.45) is 0 Å². The lowest BCUT2D eigenvalue weighted by Crippen LogP contribution is -2.20. The van der Waals surface area contributed by atoms with Crippen LogP contribution >= 0.6 is 0 Å². The predicted octanol–water partition coefficient (Wildman–Crippen LogP) is 2.37. The fourth-order valence-electron chi connectivity index (χ4n) is 0.831. The third kappa shape index (κ3) is 3.51. The van der Waals surface area contributed by atoms with Crippen LogP contribution in [0.5, 0.6) is 0 Å². The maximum atomic E-state index is 11.1. The molecule has 0 aromatic heterocycles. The van der Waals surface area contributed by atoms with Crippen molar-refractivity contribution < 1.29 is 9.84 Å². The van der Waals surface area contributed by atoms with Crippen molar-refractivity contribution in [2.75, 3.05) is 0 Å². The van der Waals surface area contributed by atoms with Crippen LogP contribution in [0.1, 0.15) is 19.4 Å². The topological polar surface area (TPSA) is 29.1 Å². The molecule has 1 rings (SSSR count). The smallest absolute Gasteiger partial charge is 0.196 e. The number of hydrogen-bond acceptors (Lipinski definition) is 1. The van der Waals surface area contributed by atoms with Gasteiger partial charge in [-0.15, -0.1) is 0 Å². The van der Waals surface area contributed by atoms with E-state index in [-0.39, 0.29) is 0 Å². The van der Waals surface area contributed by atoms with E-state index in [9.17, 15) is 5.11 Å². The molecule has 0 saturated heterocycles. The lowest BCUT2D eigenvalue weighted by atomic mass is 10.2. The Morgan fingerprint density at radius 1 is 1.25 bits per heavy atom. The number of hydrogen-bond donors (Lipinski definition) is 0. The molecule has 2 heteroatoms. The summed E-state index contributed by atoms with van der Waals surface area (Å²) in [5.74, 6) is -1.30. The van der Waals surface area contributed by atoms with Gasteiger partial charge in [0.2, 0.25) is 0 Å². The Hall–Kier alpha value is -0.860. The normalized spacial score (nSPS) is 11.6. The van der Waals surface area contributed by atoms with E-state index in [0.29, 0.717) is 6.61 Å². The average Bonchev–Trinajstić information content (AvgIpc) is 2.02. The molecule has 0 unspecified atom stereocenters. The first kappa shape index (κ1) is 9.23. The summed E-state index contributed by atoms with van der Waals surface area (Å²) in [6.45, 7) is 3.41. The Morgan fingerprint density at radius 2 is 1.83 bits per heavy atom. The Bertz CT molecular complexity index is 223. The minimum absolute atomic E-state index is 0.386. The molecule has 1 aromatic carbocycles. The Labute approximate surface area is 72.8 Å². The average molecular weight is 165 g/mol. The zero-order valence-corrected chi connectivity index (χ0v) is 7.41. The quantitative estimate of drug-likeness (QED) is 0.632. The highest BCUT2D eigenvalue weighted by molar-refractivity contribution is 5.13. The molecule has 0 amide bonds. The lowest BCUT2D eigenvalue weighted by Gasteiger charge is -2.15. The van der Waals surface area contributed by atoms with Crippen LogP contribution in [0.4, 0.5) is 0 Å². The van der Waals surface area contributed by atoms with Gasteiger partial charge >= 0.3 is 0 Å². The van der Waals surface area contributed by atoms with Gasteiger partial charge in [0.25, 0.3) is 0 Å². The van der Waals surface area contributed by atoms with Gasteiger partial charge < -0.3 is 4.74 Å². The number of ether oxygens (including phenoxy) is 1. The second kappa shape index (κ2) is 3.70. The molecule has 0 fully saturated rings. The second-order valence-corrected chi connectivity index (χ2v) is 3.17. The highest BCUT2D eigenvalue weighted by atomic mass is 16.6. The van der Waals surface area contributed by atoms with Crippen molar-refractivity contribution in [3.05, 3.63) is 35.9 Å². The fourth-order valence-corrected chi connectivity index (χ4v) is 0.831. The van der Waals surface area contributed by atoms with Crippen LogP contribution in [-0.2, 0) is 16.5 Å². The van der Waals surface area contributed by atoms with Gasteiger partial charge in [-0.1, -0.05) is 30.3 Å². The van der Waals surface area contributed by atoms with Crippen molar-refractivity contribution in [3.8, 4) is 0 Å². The van der Waals surface area contributed by atoms with Gasteiger partial charge in [-0.05, 0) is 19.4 Å². The van der Waals surface area contributed by atoms with Crippen LogP contribution in [0.3, 0.4) is 0 Å². The van der Waals surface area contributed by atoms with Crippen molar-refractivity contribution in [1.29, 1.82) is 0 Å². The molecule has 0 bridgehead atoms. The molecule has 65 valence electrons. The number of rotatable bonds is 3. The minimum atomic E-state index is -1.30. The third-order valence-corrected chi connectivity index (χ3v) is 1.43. The van der Waals surface area contributed by atoms with Crippen molar-refractivity contribution in [2.45, 2.75) is 26.2 Å². The highest BCUT2D eigenvalue weighted by Gasteiger charge is 2.14. The van der Waals surface area contributed by atoms with E-state index in [1.54, 1.807) is 0 Å². The fraction of sp³-hybridized carbons (Fsp3) is 0.400. The Morgan fingerprint density at radius 3 is 2.33 bits per heavy atom. The van der Waals surface area contributed by atoms with Gasteiger partial charge in [0.15, 0.2) is 5.79 Å². The Balaban J connectivity index is 2.44. The largest absolute Gasteiger partial charge is 0.343 e. The van der Waals surface area contributed by atoms with Crippen molar-refractivity contribution >= 4 is 0 Å². The SMILES string of the molecule is CC(C)([O])OCc1ccccc1. The van der Waals surface area contributed by atoms with E-state index in [4.69, 9.17) is 4.74 Å². The van der Waals surface area contributed by atoms with Crippen molar-refractivity contribution in [1.82, 2.24) is 0 Å². The molecule has 0 spiro atoms. The standard InChI is InChI=1S/C10H13O2/c1-10(2,11)12-8-9-6-4-3-5-7-9/h3-7H,8H2,1-2H3. The molecule has 2 nitrogen and oxygen atoms in total. The predicted molar refractivity (Wildman–Crippen MR) is 46.0 cm³/mol. The summed E-state index contributed by atoms with van der Waals surface area (Å²) in [5, 5.41) is 11.1. The summed E-state index contributed by atoms with van der Waals surface area (Å²) in [5.41, 5.74) is 1.03. The maximum Gasteiger partial charge on any atom is 0.196 e. The third-order valence-electron chi connectivity index (χ3n) is 1.43. The molecule has 1 radical (unpaired) electrons. The summed E-state index contributed by atoms with van der Waals surface area (Å²) in [6.07, 6.45) is 0. The molecule has 1 aromatic rings. The van der Waals surface area contributed by atoms with E-state index in [0.717, 1.165) is 5.56 Å². The molecule has 0 heterocycles. The van der Waals surface area contributed by atoms with Gasteiger partial charge in [-0.25, -0.2) is 0 Å². The monoisotopic (exact) mass is 165 g/mol. The van der Waals surface area contributed by atoms with Gasteiger partial charge in [0.1, 0.15) is 0 Å². The first-order valence-electron chi connectivity index (χ1n) is 3.96. The second-order valence-electron chi connectivity index (χ2n) is 3.17. The van der Waals surface area contributed by atoms with Crippen LogP contribution in [0, 0.1) is 0 Å². The molecular weight excluding hydrogens is 152 g/mol. The van der Waals surface area contributed by atoms with E-state index < -0.39 is 5.79 Å². The summed E-state index contributed by atoms with van der Waals surface area (Å²) < 4.78 is 5.06. The molecule has 0 aliphatic carbocycles. The van der Waals surface area contributed by atoms with Gasteiger partial charge in [0, 0.05) is 0 Å².